The van der Waals surface area contributed by atoms with E-state index in [0.29, 0.717) is 12.8 Å². The Hall–Kier alpha value is 2.72. The molecule has 0 aliphatic rings. The monoisotopic (exact) mass is 482 g/mol. The van der Waals surface area contributed by atoms with Gasteiger partial charge in [-0.3, -0.25) is 0 Å². The van der Waals surface area contributed by atoms with Gasteiger partial charge in [0, 0.05) is 18.8 Å². The molecule has 0 fully saturated rings. The van der Waals surface area contributed by atoms with E-state index in [0.717, 1.165) is 19.3 Å². The van der Waals surface area contributed by atoms with Gasteiger partial charge in [-0.05, 0) is 6.42 Å². The van der Waals surface area contributed by atoms with E-state index < -0.39 is 31.0 Å². The fourth-order valence-corrected chi connectivity index (χ4v) is 4.04. The largest absolute Gasteiger partial charge is 1.00 e. The van der Waals surface area contributed by atoms with Gasteiger partial charge in [-0.1, -0.05) is 69.3 Å². The minimum absolute atomic E-state index is 0. The molecule has 146 valence electrons. The molecule has 0 rings (SSSR count). The predicted octanol–water partition coefficient (Wildman–Crippen LogP) is -7.12. The van der Waals surface area contributed by atoms with Gasteiger partial charge in [-0.25, -0.2) is 8.42 Å². The number of hydrogen-bond acceptors (Lipinski definition) is 7. The summed E-state index contributed by atoms with van der Waals surface area (Å²) in [4.78, 5) is 21.6. The molecule has 0 heterocycles. The van der Waals surface area contributed by atoms with E-state index in [1.165, 1.54) is 38.0 Å². The Morgan fingerprint density at radius 1 is 0.929 bits per heavy atom. The van der Waals surface area contributed by atoms with E-state index in [4.69, 9.17) is 0 Å². The molecule has 0 aliphatic carbocycles. The van der Waals surface area contributed by atoms with Crippen LogP contribution in [0.2, 0.25) is 0 Å². The van der Waals surface area contributed by atoms with Crippen molar-refractivity contribution in [1.82, 2.24) is 0 Å². The van der Waals surface area contributed by atoms with Crippen molar-refractivity contribution in [2.24, 2.45) is 0 Å². The Balaban J connectivity index is -0.000000960. The fourth-order valence-electron chi connectivity index (χ4n) is 2.13. The summed E-state index contributed by atoms with van der Waals surface area (Å²) >= 11 is 0. The Morgan fingerprint density at radius 2 is 1.32 bits per heavy atom. The molecule has 0 spiro atoms. The molecule has 0 aromatic carbocycles. The molecule has 2 atom stereocenters. The molecule has 13 heteroatoms. The third-order valence-electron chi connectivity index (χ3n) is 3.69. The number of unbranched alkanes of at least 4 members (excludes halogenated alkanes) is 9. The normalized spacial score (nSPS) is 13.1. The smallest absolute Gasteiger partial charge is 0.805 e. The summed E-state index contributed by atoms with van der Waals surface area (Å²) in [5.74, 6) is 1.15. The average molecular weight is 482 g/mol. The fraction of sp³-hybridized carbons (Fsp3) is 0.867. The summed E-state index contributed by atoms with van der Waals surface area (Å²) in [5, 5.41) is 7.58. The van der Waals surface area contributed by atoms with Crippen molar-refractivity contribution in [2.75, 3.05) is 5.75 Å². The zero-order valence-electron chi connectivity index (χ0n) is 17.5. The Bertz CT molecular complexity index is 617. The zero-order valence-corrected chi connectivity index (χ0v) is 26.2. The number of sulfone groups is 1. The SMILES string of the molecule is CCCCCCCCCCCCS(=O)(=O)C#CC(O)([PH+]=O)P(=O)([O-])[O-].[Na+].[Na+].[Na+]. The summed E-state index contributed by atoms with van der Waals surface area (Å²) < 4.78 is 44.8. The predicted molar refractivity (Wildman–Crippen MR) is 95.0 cm³/mol. The third kappa shape index (κ3) is 18.3. The molecular formula is C15H27Na3O7P2S+2. The van der Waals surface area contributed by atoms with Crippen LogP contribution in [0, 0.1) is 11.2 Å². The first-order valence-electron chi connectivity index (χ1n) is 8.48. The van der Waals surface area contributed by atoms with Crippen LogP contribution in [0.15, 0.2) is 0 Å². The maximum atomic E-state index is 11.7. The van der Waals surface area contributed by atoms with Crippen LogP contribution in [0.1, 0.15) is 71.1 Å². The van der Waals surface area contributed by atoms with Crippen LogP contribution in [0.25, 0.3) is 0 Å². The van der Waals surface area contributed by atoms with Crippen molar-refractivity contribution in [3.8, 4) is 11.2 Å². The van der Waals surface area contributed by atoms with Crippen molar-refractivity contribution < 1.29 is 121 Å². The molecule has 0 aromatic rings. The second-order valence-corrected chi connectivity index (χ2v) is 10.8. The summed E-state index contributed by atoms with van der Waals surface area (Å²) in [6.07, 6.45) is 10.2. The summed E-state index contributed by atoms with van der Waals surface area (Å²) in [6.45, 7) is 2.17. The van der Waals surface area contributed by atoms with Gasteiger partial charge in [0.25, 0.3) is 0 Å². The van der Waals surface area contributed by atoms with Crippen LogP contribution in [-0.4, -0.2) is 24.4 Å². The Kier molecular flexibility index (Phi) is 27.6. The summed E-state index contributed by atoms with van der Waals surface area (Å²) in [7, 11) is -11.6. The van der Waals surface area contributed by atoms with Crippen LogP contribution in [0.5, 0.6) is 0 Å². The molecular weight excluding hydrogens is 455 g/mol. The summed E-state index contributed by atoms with van der Waals surface area (Å²) in [6, 6.07) is 0. The van der Waals surface area contributed by atoms with E-state index in [2.05, 4.69) is 6.92 Å². The molecule has 2 unspecified atom stereocenters. The third-order valence-corrected chi connectivity index (χ3v) is 7.33. The summed E-state index contributed by atoms with van der Waals surface area (Å²) in [5.41, 5.74) is 0. The minimum Gasteiger partial charge on any atom is -0.805 e. The van der Waals surface area contributed by atoms with Gasteiger partial charge < -0.3 is 19.5 Å². The van der Waals surface area contributed by atoms with Crippen molar-refractivity contribution in [1.29, 1.82) is 0 Å². The first kappa shape index (κ1) is 38.0. The van der Waals surface area contributed by atoms with Gasteiger partial charge in [0.15, 0.2) is 0 Å². The van der Waals surface area contributed by atoms with Crippen molar-refractivity contribution in [2.45, 2.75) is 76.2 Å². The minimum atomic E-state index is -5.71. The molecule has 0 amide bonds. The molecule has 0 radical (unpaired) electrons. The van der Waals surface area contributed by atoms with Crippen molar-refractivity contribution in [3.63, 3.8) is 0 Å². The van der Waals surface area contributed by atoms with Crippen LogP contribution >= 0.6 is 16.1 Å². The molecule has 28 heavy (non-hydrogen) atoms. The molecule has 0 aliphatic heterocycles. The van der Waals surface area contributed by atoms with Crippen LogP contribution in [0.3, 0.4) is 0 Å². The maximum Gasteiger partial charge on any atom is 1.00 e. The number of aliphatic hydroxyl groups is 1. The second kappa shape index (κ2) is 20.3. The van der Waals surface area contributed by atoms with E-state index in [-0.39, 0.29) is 94.4 Å². The second-order valence-electron chi connectivity index (χ2n) is 6.00. The topological polar surface area (TPSA) is 135 Å². The molecule has 7 nitrogen and oxygen atoms in total. The first-order valence-corrected chi connectivity index (χ1v) is 12.6. The Morgan fingerprint density at radius 3 is 1.68 bits per heavy atom. The Labute approximate surface area is 237 Å². The zero-order chi connectivity index (χ0) is 19.4. The number of hydrogen-bond donors (Lipinski definition) is 1. The quantitative estimate of drug-likeness (QED) is 0.0907. The molecule has 1 N–H and O–H groups in total. The molecule has 0 saturated carbocycles. The van der Waals surface area contributed by atoms with Crippen LogP contribution in [0.4, 0.5) is 0 Å². The van der Waals surface area contributed by atoms with Gasteiger partial charge in [0.2, 0.25) is 9.84 Å². The van der Waals surface area contributed by atoms with E-state index in [9.17, 15) is 32.4 Å². The number of rotatable bonds is 13. The maximum absolute atomic E-state index is 11.7. The van der Waals surface area contributed by atoms with E-state index >= 15 is 0 Å². The van der Waals surface area contributed by atoms with Gasteiger partial charge in [0.1, 0.15) is 0 Å². The van der Waals surface area contributed by atoms with Gasteiger partial charge in [-0.2, -0.15) is 0 Å². The molecule has 0 saturated heterocycles. The van der Waals surface area contributed by atoms with Gasteiger partial charge in [0.05, 0.1) is 5.75 Å². The molecule has 0 bridgehead atoms. The van der Waals surface area contributed by atoms with Gasteiger partial charge in [-0.15, -0.1) is 0 Å². The van der Waals surface area contributed by atoms with E-state index in [1.807, 2.05) is 0 Å². The first-order chi connectivity index (χ1) is 11.6. The average Bonchev–Trinajstić information content (AvgIpc) is 2.53. The van der Waals surface area contributed by atoms with Gasteiger partial charge >= 0.3 is 102 Å². The van der Waals surface area contributed by atoms with Crippen LogP contribution in [-0.2, 0) is 19.0 Å². The van der Waals surface area contributed by atoms with Crippen molar-refractivity contribution in [3.05, 3.63) is 0 Å². The van der Waals surface area contributed by atoms with Crippen molar-refractivity contribution >= 4 is 25.9 Å². The molecule has 0 aromatic heterocycles. The van der Waals surface area contributed by atoms with Crippen LogP contribution < -0.4 is 98.5 Å². The standard InChI is InChI=1S/C15H28O7P2S.3Na/c1-2-3-4-5-6-7-8-9-10-11-13-25(21,22)14-12-15(16,23-17)24(18,19)20;;;/h16H,2-11,13H2,1H3,(H2,18,19,20);;;/q;3*+1/p-1. The van der Waals surface area contributed by atoms with E-state index in [1.54, 1.807) is 5.25 Å².